The number of allylic oxidation sites excluding steroid dienone is 1. The molecule has 0 saturated carbocycles. The minimum absolute atomic E-state index is 0.137. The van der Waals surface area contributed by atoms with Crippen molar-refractivity contribution in [3.05, 3.63) is 74.3 Å². The molecule has 3 rings (SSSR count). The van der Waals surface area contributed by atoms with Crippen molar-refractivity contribution in [2.24, 2.45) is 4.40 Å². The topological polar surface area (TPSA) is 78.8 Å². The summed E-state index contributed by atoms with van der Waals surface area (Å²) in [4.78, 5) is 13.4. The first-order valence-electron chi connectivity index (χ1n) is 7.68. The summed E-state index contributed by atoms with van der Waals surface area (Å²) < 4.78 is 44.0. The van der Waals surface area contributed by atoms with Crippen molar-refractivity contribution >= 4 is 66.4 Å². The number of halogens is 3. The van der Waals surface area contributed by atoms with Gasteiger partial charge < -0.3 is 5.32 Å². The highest BCUT2D eigenvalue weighted by molar-refractivity contribution is 9.11. The summed E-state index contributed by atoms with van der Waals surface area (Å²) in [6, 6.07) is 7.09. The maximum absolute atomic E-state index is 13.3. The van der Waals surface area contributed by atoms with E-state index in [-0.39, 0.29) is 28.7 Å². The van der Waals surface area contributed by atoms with Crippen molar-refractivity contribution < 1.29 is 17.6 Å². The lowest BCUT2D eigenvalue weighted by atomic mass is 10.2. The molecule has 1 aromatic heterocycles. The second-order valence-electron chi connectivity index (χ2n) is 5.49. The fourth-order valence-corrected chi connectivity index (χ4v) is 5.11. The largest absolute Gasteiger partial charge is 0.345 e. The Hall–Kier alpha value is -2.01. The second kappa shape index (κ2) is 8.16. The zero-order valence-electron chi connectivity index (χ0n) is 14.0. The van der Waals surface area contributed by atoms with Crippen molar-refractivity contribution in [2.75, 3.05) is 11.9 Å². The van der Waals surface area contributed by atoms with Crippen molar-refractivity contribution in [1.29, 1.82) is 0 Å². The van der Waals surface area contributed by atoms with Crippen LogP contribution in [0.2, 0.25) is 5.02 Å². The summed E-state index contributed by atoms with van der Waals surface area (Å²) in [5.74, 6) is -1.35. The molecule has 1 N–H and O–H groups in total. The molecular formula is C17H12BrClFN3O3S2. The van der Waals surface area contributed by atoms with Gasteiger partial charge in [0.2, 0.25) is 0 Å². The molecule has 0 saturated heterocycles. The van der Waals surface area contributed by atoms with Crippen LogP contribution in [-0.2, 0) is 15.0 Å². The smallest absolute Gasteiger partial charge is 0.321 e. The summed E-state index contributed by atoms with van der Waals surface area (Å²) >= 11 is 10.3. The highest BCUT2D eigenvalue weighted by Gasteiger charge is 2.32. The van der Waals surface area contributed by atoms with E-state index in [0.29, 0.717) is 4.88 Å². The van der Waals surface area contributed by atoms with Gasteiger partial charge in [0.1, 0.15) is 11.5 Å². The molecule has 0 spiro atoms. The maximum Gasteiger partial charge on any atom is 0.345 e. The van der Waals surface area contributed by atoms with E-state index in [0.717, 1.165) is 14.2 Å². The Morgan fingerprint density at radius 2 is 2.14 bits per heavy atom. The summed E-state index contributed by atoms with van der Waals surface area (Å²) in [7, 11) is -4.15. The molecule has 2 aromatic rings. The Kier molecular flexibility index (Phi) is 6.04. The summed E-state index contributed by atoms with van der Waals surface area (Å²) in [6.45, 7) is 3.38. The van der Waals surface area contributed by atoms with Crippen LogP contribution in [0.15, 0.2) is 62.9 Å². The molecule has 0 bridgehead atoms. The number of carbonyl (C=O) groups excluding carboxylic acids is 1. The van der Waals surface area contributed by atoms with Crippen molar-refractivity contribution in [3.8, 4) is 0 Å². The number of nitrogens with one attached hydrogen (secondary N) is 1. The monoisotopic (exact) mass is 503 g/mol. The first-order chi connectivity index (χ1) is 13.2. The van der Waals surface area contributed by atoms with Crippen LogP contribution in [0.1, 0.15) is 4.88 Å². The van der Waals surface area contributed by atoms with Gasteiger partial charge in [0.15, 0.2) is 0 Å². The van der Waals surface area contributed by atoms with Crippen LogP contribution in [0.5, 0.6) is 0 Å². The predicted molar refractivity (Wildman–Crippen MR) is 113 cm³/mol. The predicted octanol–water partition coefficient (Wildman–Crippen LogP) is 4.36. The zero-order chi connectivity index (χ0) is 20.5. The fraction of sp³-hybridized carbons (Fsp3) is 0.0588. The van der Waals surface area contributed by atoms with Crippen LogP contribution in [0.4, 0.5) is 10.1 Å². The summed E-state index contributed by atoms with van der Waals surface area (Å²) in [5.41, 5.74) is 0.212. The summed E-state index contributed by atoms with van der Waals surface area (Å²) in [6.07, 6.45) is 2.72. The Labute approximate surface area is 178 Å². The van der Waals surface area contributed by atoms with Crippen LogP contribution < -0.4 is 5.32 Å². The number of rotatable bonds is 5. The molecule has 2 heterocycles. The van der Waals surface area contributed by atoms with Crippen molar-refractivity contribution in [3.63, 3.8) is 0 Å². The van der Waals surface area contributed by atoms with E-state index in [9.17, 15) is 17.6 Å². The Morgan fingerprint density at radius 1 is 1.39 bits per heavy atom. The Balaban J connectivity index is 2.01. The van der Waals surface area contributed by atoms with Crippen molar-refractivity contribution in [2.45, 2.75) is 0 Å². The molecular weight excluding hydrogens is 493 g/mol. The molecule has 28 heavy (non-hydrogen) atoms. The lowest BCUT2D eigenvalue weighted by Crippen LogP contribution is -2.38. The molecule has 1 aliphatic heterocycles. The van der Waals surface area contributed by atoms with E-state index in [2.05, 4.69) is 32.2 Å². The van der Waals surface area contributed by atoms with Crippen LogP contribution in [0, 0.1) is 5.82 Å². The maximum atomic E-state index is 13.3. The lowest BCUT2D eigenvalue weighted by Gasteiger charge is -2.26. The van der Waals surface area contributed by atoms with E-state index in [1.165, 1.54) is 35.6 Å². The first kappa shape index (κ1) is 20.7. The molecule has 1 amide bonds. The van der Waals surface area contributed by atoms with Gasteiger partial charge in [0.25, 0.3) is 5.91 Å². The fourth-order valence-electron chi connectivity index (χ4n) is 2.35. The number of anilines is 1. The number of nitrogens with zero attached hydrogens (tertiary/aromatic N) is 2. The standard InChI is InChI=1S/C17H12BrClFN3O3S2/c1-2-7-23-14(17(24)21-10-3-4-12(20)11(19)8-10)9-13(22-28(23,25)26)15-5-6-16(18)27-15/h2-6,8-9H,1,7H2,(H,21,24). The van der Waals surface area contributed by atoms with Gasteiger partial charge in [-0.25, -0.2) is 8.70 Å². The van der Waals surface area contributed by atoms with Gasteiger partial charge >= 0.3 is 10.2 Å². The Bertz CT molecular complexity index is 1130. The molecule has 0 fully saturated rings. The van der Waals surface area contributed by atoms with Gasteiger partial charge in [-0.15, -0.1) is 22.3 Å². The molecule has 146 valence electrons. The van der Waals surface area contributed by atoms with E-state index in [1.807, 2.05) is 0 Å². The zero-order valence-corrected chi connectivity index (χ0v) is 18.0. The highest BCUT2D eigenvalue weighted by Crippen LogP contribution is 2.28. The molecule has 0 unspecified atom stereocenters. The lowest BCUT2D eigenvalue weighted by molar-refractivity contribution is -0.113. The number of benzene rings is 1. The third-order valence-electron chi connectivity index (χ3n) is 3.57. The number of thiophene rings is 1. The van der Waals surface area contributed by atoms with E-state index in [4.69, 9.17) is 11.6 Å². The van der Waals surface area contributed by atoms with Crippen LogP contribution in [0.25, 0.3) is 0 Å². The van der Waals surface area contributed by atoms with Crippen LogP contribution in [0.3, 0.4) is 0 Å². The number of amides is 1. The highest BCUT2D eigenvalue weighted by atomic mass is 79.9. The average Bonchev–Trinajstić information content (AvgIpc) is 3.06. The molecule has 0 radical (unpaired) electrons. The number of carbonyl (C=O) groups is 1. The van der Waals surface area contributed by atoms with Crippen molar-refractivity contribution in [1.82, 2.24) is 4.31 Å². The van der Waals surface area contributed by atoms with E-state index >= 15 is 0 Å². The second-order valence-corrected chi connectivity index (χ2v) is 9.88. The minimum atomic E-state index is -4.15. The number of hydrogen-bond acceptors (Lipinski definition) is 4. The average molecular weight is 505 g/mol. The Morgan fingerprint density at radius 3 is 2.75 bits per heavy atom. The third kappa shape index (κ3) is 4.35. The number of hydrogen-bond donors (Lipinski definition) is 1. The molecule has 11 heteroatoms. The molecule has 1 aromatic carbocycles. The summed E-state index contributed by atoms with van der Waals surface area (Å²) in [5, 5.41) is 2.35. The SMILES string of the molecule is C=CCN1C(C(=O)Nc2ccc(F)c(Cl)c2)=CC(c2ccc(Br)s2)=NS1(=O)=O. The minimum Gasteiger partial charge on any atom is -0.321 e. The normalized spacial score (nSPS) is 15.6. The van der Waals surface area contributed by atoms with Crippen LogP contribution >= 0.6 is 38.9 Å². The van der Waals surface area contributed by atoms with Crippen LogP contribution in [-0.4, -0.2) is 30.9 Å². The van der Waals surface area contributed by atoms with Gasteiger partial charge in [-0.2, -0.15) is 8.42 Å². The van der Waals surface area contributed by atoms with Gasteiger partial charge in [-0.3, -0.25) is 4.79 Å². The quantitative estimate of drug-likeness (QED) is 0.615. The molecule has 1 aliphatic rings. The molecule has 0 atom stereocenters. The van der Waals surface area contributed by atoms with Gasteiger partial charge in [0.05, 0.1) is 25.9 Å². The van der Waals surface area contributed by atoms with Gasteiger partial charge in [0, 0.05) is 5.69 Å². The third-order valence-corrected chi connectivity index (χ3v) is 6.83. The molecule has 0 aliphatic carbocycles. The molecule has 6 nitrogen and oxygen atoms in total. The van der Waals surface area contributed by atoms with E-state index in [1.54, 1.807) is 12.1 Å². The van der Waals surface area contributed by atoms with Gasteiger partial charge in [-0.05, 0) is 52.3 Å². The first-order valence-corrected chi connectivity index (χ1v) is 11.1. The van der Waals surface area contributed by atoms with E-state index < -0.39 is 21.9 Å². The van der Waals surface area contributed by atoms with Gasteiger partial charge in [-0.1, -0.05) is 17.7 Å².